The lowest BCUT2D eigenvalue weighted by Crippen LogP contribution is -2.01. The Morgan fingerprint density at radius 3 is 2.45 bits per heavy atom. The fourth-order valence-corrected chi connectivity index (χ4v) is 2.00. The van der Waals surface area contributed by atoms with E-state index >= 15 is 0 Å². The van der Waals surface area contributed by atoms with Crippen LogP contribution < -0.4 is 10.1 Å². The molecule has 1 aromatic carbocycles. The van der Waals surface area contributed by atoms with E-state index in [-0.39, 0.29) is 0 Å². The summed E-state index contributed by atoms with van der Waals surface area (Å²) in [6.07, 6.45) is 1.93. The van der Waals surface area contributed by atoms with E-state index in [1.807, 2.05) is 44.3 Å². The van der Waals surface area contributed by atoms with Crippen LogP contribution in [0.3, 0.4) is 0 Å². The van der Waals surface area contributed by atoms with E-state index in [0.717, 1.165) is 41.5 Å². The molecule has 4 nitrogen and oxygen atoms in total. The zero-order valence-corrected chi connectivity index (χ0v) is 12.3. The van der Waals surface area contributed by atoms with E-state index < -0.39 is 0 Å². The van der Waals surface area contributed by atoms with Crippen molar-refractivity contribution in [2.75, 3.05) is 19.0 Å². The van der Waals surface area contributed by atoms with Crippen molar-refractivity contribution < 1.29 is 4.74 Å². The van der Waals surface area contributed by atoms with Crippen LogP contribution in [0.15, 0.2) is 30.3 Å². The molecule has 0 aliphatic carbocycles. The van der Waals surface area contributed by atoms with Crippen molar-refractivity contribution >= 4 is 5.82 Å². The quantitative estimate of drug-likeness (QED) is 0.873. The van der Waals surface area contributed by atoms with Gasteiger partial charge in [-0.25, -0.2) is 9.97 Å². The van der Waals surface area contributed by atoms with Crippen LogP contribution in [0.5, 0.6) is 5.75 Å². The van der Waals surface area contributed by atoms with Gasteiger partial charge in [0, 0.05) is 25.1 Å². The van der Waals surface area contributed by atoms with E-state index in [0.29, 0.717) is 6.61 Å². The number of benzene rings is 1. The number of nitrogens with one attached hydrogen (secondary N) is 1. The van der Waals surface area contributed by atoms with Gasteiger partial charge in [0.2, 0.25) is 0 Å². The molecule has 4 heteroatoms. The van der Waals surface area contributed by atoms with Gasteiger partial charge < -0.3 is 10.1 Å². The molecule has 1 aromatic heterocycles. The molecule has 0 atom stereocenters. The van der Waals surface area contributed by atoms with E-state index in [9.17, 15) is 0 Å². The van der Waals surface area contributed by atoms with Crippen molar-refractivity contribution in [1.29, 1.82) is 0 Å². The average Bonchev–Trinajstić information content (AvgIpc) is 2.48. The van der Waals surface area contributed by atoms with Crippen LogP contribution in [-0.2, 0) is 6.42 Å². The van der Waals surface area contributed by atoms with Gasteiger partial charge in [-0.3, -0.25) is 0 Å². The smallest absolute Gasteiger partial charge is 0.131 e. The summed E-state index contributed by atoms with van der Waals surface area (Å²) in [5.74, 6) is 2.61. The molecule has 0 bridgehead atoms. The van der Waals surface area contributed by atoms with Gasteiger partial charge in [0.25, 0.3) is 0 Å². The van der Waals surface area contributed by atoms with Gasteiger partial charge in [-0.15, -0.1) is 0 Å². The molecule has 0 saturated carbocycles. The van der Waals surface area contributed by atoms with E-state index in [1.54, 1.807) is 0 Å². The first-order valence-electron chi connectivity index (χ1n) is 7.05. The van der Waals surface area contributed by atoms with E-state index in [4.69, 9.17) is 4.74 Å². The second-order valence-corrected chi connectivity index (χ2v) is 4.51. The highest BCUT2D eigenvalue weighted by Gasteiger charge is 2.06. The molecule has 0 unspecified atom stereocenters. The lowest BCUT2D eigenvalue weighted by Gasteiger charge is -2.08. The van der Waals surface area contributed by atoms with Gasteiger partial charge in [0.15, 0.2) is 0 Å². The predicted molar refractivity (Wildman–Crippen MR) is 82.2 cm³/mol. The Morgan fingerprint density at radius 1 is 1.10 bits per heavy atom. The molecule has 0 aliphatic heterocycles. The number of hydrogen-bond acceptors (Lipinski definition) is 4. The Bertz CT molecular complexity index is 552. The highest BCUT2D eigenvalue weighted by molar-refractivity contribution is 5.63. The Balaban J connectivity index is 2.32. The van der Waals surface area contributed by atoms with E-state index in [2.05, 4.69) is 22.2 Å². The van der Waals surface area contributed by atoms with Crippen LogP contribution in [0.25, 0.3) is 11.3 Å². The highest BCUT2D eigenvalue weighted by atomic mass is 16.5. The van der Waals surface area contributed by atoms with Crippen LogP contribution in [-0.4, -0.2) is 23.6 Å². The van der Waals surface area contributed by atoms with Crippen molar-refractivity contribution in [1.82, 2.24) is 9.97 Å². The summed E-state index contributed by atoms with van der Waals surface area (Å²) in [5, 5.41) is 3.09. The zero-order valence-electron chi connectivity index (χ0n) is 12.3. The standard InChI is InChI=1S/C16H21N3O/c1-4-6-15-18-14(11-16(17-3)19-15)12-7-9-13(10-8-12)20-5-2/h7-11H,4-6H2,1-3H3,(H,17,18,19). The van der Waals surface area contributed by atoms with Crippen LogP contribution >= 0.6 is 0 Å². The predicted octanol–water partition coefficient (Wildman–Crippen LogP) is 3.54. The SMILES string of the molecule is CCCc1nc(NC)cc(-c2ccc(OCC)cc2)n1. The molecule has 0 aliphatic rings. The maximum atomic E-state index is 5.46. The number of rotatable bonds is 6. The summed E-state index contributed by atoms with van der Waals surface area (Å²) in [6, 6.07) is 9.97. The van der Waals surface area contributed by atoms with Crippen molar-refractivity contribution in [3.63, 3.8) is 0 Å². The molecular weight excluding hydrogens is 250 g/mol. The third kappa shape index (κ3) is 3.47. The van der Waals surface area contributed by atoms with Gasteiger partial charge in [-0.2, -0.15) is 0 Å². The Kier molecular flexibility index (Phi) is 4.93. The molecule has 0 amide bonds. The average molecular weight is 271 g/mol. The molecule has 1 N–H and O–H groups in total. The summed E-state index contributed by atoms with van der Waals surface area (Å²) in [6.45, 7) is 4.79. The van der Waals surface area contributed by atoms with Gasteiger partial charge in [-0.1, -0.05) is 6.92 Å². The minimum atomic E-state index is 0.678. The largest absolute Gasteiger partial charge is 0.494 e. The molecule has 20 heavy (non-hydrogen) atoms. The third-order valence-corrected chi connectivity index (χ3v) is 2.96. The summed E-state index contributed by atoms with van der Waals surface area (Å²) in [5.41, 5.74) is 2.01. The number of aryl methyl sites for hydroxylation is 1. The first-order valence-corrected chi connectivity index (χ1v) is 7.05. The number of hydrogen-bond donors (Lipinski definition) is 1. The topological polar surface area (TPSA) is 47.0 Å². The first kappa shape index (κ1) is 14.3. The summed E-state index contributed by atoms with van der Waals surface area (Å²) in [7, 11) is 1.88. The molecule has 0 saturated heterocycles. The Labute approximate surface area is 120 Å². The molecule has 2 aromatic rings. The minimum absolute atomic E-state index is 0.678. The summed E-state index contributed by atoms with van der Waals surface area (Å²) >= 11 is 0. The molecule has 1 heterocycles. The van der Waals surface area contributed by atoms with Crippen molar-refractivity contribution in [2.24, 2.45) is 0 Å². The third-order valence-electron chi connectivity index (χ3n) is 2.96. The first-order chi connectivity index (χ1) is 9.76. The highest BCUT2D eigenvalue weighted by Crippen LogP contribution is 2.23. The molecule has 2 rings (SSSR count). The fourth-order valence-electron chi connectivity index (χ4n) is 2.00. The van der Waals surface area contributed by atoms with Crippen molar-refractivity contribution in [3.8, 4) is 17.0 Å². The van der Waals surface area contributed by atoms with Crippen molar-refractivity contribution in [2.45, 2.75) is 26.7 Å². The lowest BCUT2D eigenvalue weighted by molar-refractivity contribution is 0.340. The number of anilines is 1. The number of nitrogens with zero attached hydrogens (tertiary/aromatic N) is 2. The Hall–Kier alpha value is -2.10. The van der Waals surface area contributed by atoms with Gasteiger partial charge >= 0.3 is 0 Å². The second kappa shape index (κ2) is 6.89. The molecular formula is C16H21N3O. The van der Waals surface area contributed by atoms with Gasteiger partial charge in [-0.05, 0) is 37.6 Å². The van der Waals surface area contributed by atoms with Crippen LogP contribution in [0.2, 0.25) is 0 Å². The van der Waals surface area contributed by atoms with Crippen LogP contribution in [0.1, 0.15) is 26.1 Å². The minimum Gasteiger partial charge on any atom is -0.494 e. The van der Waals surface area contributed by atoms with Crippen molar-refractivity contribution in [3.05, 3.63) is 36.2 Å². The second-order valence-electron chi connectivity index (χ2n) is 4.51. The summed E-state index contributed by atoms with van der Waals surface area (Å²) in [4.78, 5) is 9.09. The number of aromatic nitrogens is 2. The molecule has 0 fully saturated rings. The maximum Gasteiger partial charge on any atom is 0.131 e. The Morgan fingerprint density at radius 2 is 1.85 bits per heavy atom. The lowest BCUT2D eigenvalue weighted by atomic mass is 10.1. The van der Waals surface area contributed by atoms with Crippen LogP contribution in [0, 0.1) is 0 Å². The van der Waals surface area contributed by atoms with Gasteiger partial charge in [0.05, 0.1) is 12.3 Å². The molecule has 106 valence electrons. The molecule has 0 radical (unpaired) electrons. The molecule has 0 spiro atoms. The van der Waals surface area contributed by atoms with Crippen LogP contribution in [0.4, 0.5) is 5.82 Å². The maximum absolute atomic E-state index is 5.46. The van der Waals surface area contributed by atoms with E-state index in [1.165, 1.54) is 0 Å². The summed E-state index contributed by atoms with van der Waals surface area (Å²) < 4.78 is 5.46. The number of ether oxygens (including phenoxy) is 1. The zero-order chi connectivity index (χ0) is 14.4. The monoisotopic (exact) mass is 271 g/mol. The fraction of sp³-hybridized carbons (Fsp3) is 0.375. The normalized spacial score (nSPS) is 10.3. The van der Waals surface area contributed by atoms with Gasteiger partial charge in [0.1, 0.15) is 17.4 Å².